The van der Waals surface area contributed by atoms with Crippen molar-refractivity contribution in [2.75, 3.05) is 4.90 Å². The number of aryl methyl sites for hydroxylation is 1. The predicted octanol–water partition coefficient (Wildman–Crippen LogP) is 3.69. The first kappa shape index (κ1) is 19.8. The average molecular weight is 437 g/mol. The van der Waals surface area contributed by atoms with Crippen LogP contribution in [0.25, 0.3) is 0 Å². The lowest BCUT2D eigenvalue weighted by Gasteiger charge is -2.27. The van der Waals surface area contributed by atoms with Crippen LogP contribution in [0.2, 0.25) is 0 Å². The van der Waals surface area contributed by atoms with E-state index in [1.807, 2.05) is 19.1 Å². The molecule has 0 aromatic heterocycles. The number of rotatable bonds is 2. The number of nitrogens with zero attached hydrogens (tertiary/aromatic N) is 1. The number of amides is 2. The molecule has 0 unspecified atom stereocenters. The number of Topliss-reactive ketones (excluding diaryl/α,β-unsaturated/α-hetero) is 2. The van der Waals surface area contributed by atoms with Crippen LogP contribution in [0.4, 0.5) is 5.69 Å². The number of benzene rings is 3. The van der Waals surface area contributed by atoms with Gasteiger partial charge in [-0.25, -0.2) is 4.90 Å². The Balaban J connectivity index is 1.56. The summed E-state index contributed by atoms with van der Waals surface area (Å²) in [4.78, 5) is 56.0. The van der Waals surface area contributed by atoms with Crippen LogP contribution in [0.3, 0.4) is 0 Å². The molecule has 0 saturated carbocycles. The van der Waals surface area contributed by atoms with E-state index >= 15 is 0 Å². The number of anilines is 1. The van der Waals surface area contributed by atoms with Crippen LogP contribution < -0.4 is 4.90 Å². The number of hydrogen-bond donors (Lipinski definition) is 0. The van der Waals surface area contributed by atoms with Crippen LogP contribution in [-0.4, -0.2) is 29.0 Å². The van der Waals surface area contributed by atoms with Gasteiger partial charge in [0.1, 0.15) is 0 Å². The summed E-state index contributed by atoms with van der Waals surface area (Å²) in [6, 6.07) is 22.5. The van der Waals surface area contributed by atoms with Crippen molar-refractivity contribution in [1.29, 1.82) is 0 Å². The van der Waals surface area contributed by atoms with Crippen LogP contribution in [0.15, 0.2) is 78.9 Å². The Morgan fingerprint density at radius 3 is 2.03 bits per heavy atom. The average Bonchev–Trinajstić information content (AvgIpc) is 3.40. The standard InChI is InChI=1S/C27H19NO5/c1-15-8-7-11-17(14-15)28-25(31)20-21(26(28)32)27(33-22(20)16-9-3-2-4-10-16)23(29)18-12-5-6-13-19(18)24(27)30/h2-14,20-22H,1H3/t20-,21-,22-/m1/s1. The highest BCUT2D eigenvalue weighted by Crippen LogP contribution is 2.57. The summed E-state index contributed by atoms with van der Waals surface area (Å²) in [7, 11) is 0. The predicted molar refractivity (Wildman–Crippen MR) is 119 cm³/mol. The maximum Gasteiger partial charge on any atom is 0.241 e. The van der Waals surface area contributed by atoms with E-state index in [9.17, 15) is 19.2 Å². The Morgan fingerprint density at radius 1 is 0.758 bits per heavy atom. The monoisotopic (exact) mass is 437 g/mol. The highest BCUT2D eigenvalue weighted by atomic mass is 16.5. The van der Waals surface area contributed by atoms with E-state index in [1.165, 1.54) is 0 Å². The van der Waals surface area contributed by atoms with Gasteiger partial charge in [-0.15, -0.1) is 0 Å². The zero-order valence-electron chi connectivity index (χ0n) is 17.7. The molecular weight excluding hydrogens is 418 g/mol. The maximum absolute atomic E-state index is 13.8. The van der Waals surface area contributed by atoms with Crippen LogP contribution >= 0.6 is 0 Å². The van der Waals surface area contributed by atoms with E-state index in [0.29, 0.717) is 11.3 Å². The molecule has 0 radical (unpaired) electrons. The SMILES string of the molecule is Cc1cccc(N2C(=O)[C@H]3[C@@H](c4ccccc4)OC4(C(=O)c5ccccc5C4=O)[C@H]3C2=O)c1. The summed E-state index contributed by atoms with van der Waals surface area (Å²) in [5, 5.41) is 0. The Labute approximate surface area is 189 Å². The summed E-state index contributed by atoms with van der Waals surface area (Å²) in [5.41, 5.74) is 0.370. The molecule has 2 aliphatic heterocycles. The molecule has 6 heteroatoms. The summed E-state index contributed by atoms with van der Waals surface area (Å²) in [5.74, 6) is -4.36. The Kier molecular flexibility index (Phi) is 4.07. The smallest absolute Gasteiger partial charge is 0.241 e. The highest BCUT2D eigenvalue weighted by Gasteiger charge is 2.74. The molecule has 162 valence electrons. The van der Waals surface area contributed by atoms with E-state index in [1.54, 1.807) is 66.7 Å². The molecule has 2 amide bonds. The third-order valence-electron chi connectivity index (χ3n) is 6.91. The van der Waals surface area contributed by atoms with Crippen molar-refractivity contribution >= 4 is 29.1 Å². The molecular formula is C27H19NO5. The molecule has 2 heterocycles. The number of hydrogen-bond acceptors (Lipinski definition) is 5. The fourth-order valence-electron chi connectivity index (χ4n) is 5.48. The summed E-state index contributed by atoms with van der Waals surface area (Å²) in [6.45, 7) is 1.87. The molecule has 0 N–H and O–H groups in total. The van der Waals surface area contributed by atoms with E-state index < -0.39 is 46.9 Å². The van der Waals surface area contributed by atoms with Crippen molar-refractivity contribution in [2.45, 2.75) is 18.6 Å². The lowest BCUT2D eigenvalue weighted by molar-refractivity contribution is -0.127. The molecule has 6 rings (SSSR count). The number of carbonyl (C=O) groups is 4. The molecule has 3 aromatic rings. The van der Waals surface area contributed by atoms with Gasteiger partial charge in [-0.3, -0.25) is 19.2 Å². The van der Waals surface area contributed by atoms with Gasteiger partial charge >= 0.3 is 0 Å². The minimum atomic E-state index is -2.04. The molecule has 0 bridgehead atoms. The van der Waals surface area contributed by atoms with Gasteiger partial charge in [-0.2, -0.15) is 0 Å². The first-order valence-corrected chi connectivity index (χ1v) is 10.8. The molecule has 2 fully saturated rings. The Morgan fingerprint density at radius 2 is 1.39 bits per heavy atom. The second-order valence-electron chi connectivity index (χ2n) is 8.74. The number of fused-ring (bicyclic) bond motifs is 3. The van der Waals surface area contributed by atoms with E-state index in [-0.39, 0.29) is 11.1 Å². The minimum absolute atomic E-state index is 0.226. The third-order valence-corrected chi connectivity index (χ3v) is 6.91. The number of carbonyl (C=O) groups excluding carboxylic acids is 4. The van der Waals surface area contributed by atoms with Crippen molar-refractivity contribution in [1.82, 2.24) is 0 Å². The van der Waals surface area contributed by atoms with Crippen LogP contribution in [0.1, 0.15) is 37.9 Å². The molecule has 33 heavy (non-hydrogen) atoms. The van der Waals surface area contributed by atoms with E-state index in [0.717, 1.165) is 10.5 Å². The summed E-state index contributed by atoms with van der Waals surface area (Å²) >= 11 is 0. The number of imide groups is 1. The van der Waals surface area contributed by atoms with Crippen molar-refractivity contribution < 1.29 is 23.9 Å². The zero-order valence-corrected chi connectivity index (χ0v) is 17.7. The summed E-state index contributed by atoms with van der Waals surface area (Å²) in [6.07, 6.45) is -0.898. The van der Waals surface area contributed by atoms with Gasteiger partial charge in [0.25, 0.3) is 0 Å². The maximum atomic E-state index is 13.8. The summed E-state index contributed by atoms with van der Waals surface area (Å²) < 4.78 is 6.25. The van der Waals surface area contributed by atoms with Crippen molar-refractivity contribution in [2.24, 2.45) is 11.8 Å². The normalized spacial score (nSPS) is 25.1. The van der Waals surface area contributed by atoms with Crippen molar-refractivity contribution in [3.8, 4) is 0 Å². The first-order valence-electron chi connectivity index (χ1n) is 10.8. The molecule has 1 aliphatic carbocycles. The fourth-order valence-corrected chi connectivity index (χ4v) is 5.48. The second kappa shape index (κ2) is 6.80. The molecule has 1 spiro atoms. The van der Waals surface area contributed by atoms with Crippen molar-refractivity contribution in [3.05, 3.63) is 101 Å². The molecule has 3 atom stereocenters. The largest absolute Gasteiger partial charge is 0.349 e. The van der Waals surface area contributed by atoms with Gasteiger partial charge in [-0.1, -0.05) is 66.7 Å². The number of ether oxygens (including phenoxy) is 1. The zero-order chi connectivity index (χ0) is 22.9. The Bertz CT molecular complexity index is 1330. The van der Waals surface area contributed by atoms with Gasteiger partial charge in [0.2, 0.25) is 29.0 Å². The van der Waals surface area contributed by atoms with Crippen LogP contribution in [-0.2, 0) is 14.3 Å². The van der Waals surface area contributed by atoms with E-state index in [2.05, 4.69) is 0 Å². The van der Waals surface area contributed by atoms with Gasteiger partial charge in [0.05, 0.1) is 23.6 Å². The quantitative estimate of drug-likeness (QED) is 0.451. The second-order valence-corrected chi connectivity index (χ2v) is 8.74. The van der Waals surface area contributed by atoms with Crippen molar-refractivity contribution in [3.63, 3.8) is 0 Å². The first-order chi connectivity index (χ1) is 15.9. The van der Waals surface area contributed by atoms with Gasteiger partial charge < -0.3 is 4.74 Å². The fraction of sp³-hybridized carbons (Fsp3) is 0.185. The minimum Gasteiger partial charge on any atom is -0.349 e. The molecule has 2 saturated heterocycles. The van der Waals surface area contributed by atoms with Crippen LogP contribution in [0, 0.1) is 18.8 Å². The molecule has 3 aromatic carbocycles. The topological polar surface area (TPSA) is 80.8 Å². The third kappa shape index (κ3) is 2.47. The van der Waals surface area contributed by atoms with Gasteiger partial charge in [0, 0.05) is 11.1 Å². The van der Waals surface area contributed by atoms with E-state index in [4.69, 9.17) is 4.74 Å². The highest BCUT2D eigenvalue weighted by molar-refractivity contribution is 6.37. The molecule has 6 nitrogen and oxygen atoms in total. The lowest BCUT2D eigenvalue weighted by Crippen LogP contribution is -2.51. The van der Waals surface area contributed by atoms with Gasteiger partial charge in [0.15, 0.2) is 0 Å². The van der Waals surface area contributed by atoms with Gasteiger partial charge in [-0.05, 0) is 30.2 Å². The Hall–Kier alpha value is -3.90. The number of ketones is 2. The van der Waals surface area contributed by atoms with Crippen LogP contribution in [0.5, 0.6) is 0 Å². The lowest BCUT2D eigenvalue weighted by atomic mass is 9.77. The molecule has 3 aliphatic rings.